The first-order valence-electron chi connectivity index (χ1n) is 10.00. The van der Waals surface area contributed by atoms with Crippen LogP contribution in [0.1, 0.15) is 11.1 Å². The van der Waals surface area contributed by atoms with Crippen LogP contribution in [0.25, 0.3) is 6.08 Å². The van der Waals surface area contributed by atoms with E-state index in [0.29, 0.717) is 12.1 Å². The van der Waals surface area contributed by atoms with Crippen molar-refractivity contribution in [3.05, 3.63) is 102 Å². The van der Waals surface area contributed by atoms with Crippen molar-refractivity contribution < 1.29 is 32.5 Å². The molecule has 3 rings (SSSR count). The van der Waals surface area contributed by atoms with Crippen molar-refractivity contribution in [2.24, 2.45) is 0 Å². The van der Waals surface area contributed by atoms with Gasteiger partial charge in [-0.3, -0.25) is 25.0 Å². The lowest BCUT2D eigenvalue weighted by atomic mass is 10.1. The predicted octanol–water partition coefficient (Wildman–Crippen LogP) is 7.17. The summed E-state index contributed by atoms with van der Waals surface area (Å²) in [7, 11) is 0. The lowest BCUT2D eigenvalue weighted by molar-refractivity contribution is -0.385. The standard InChI is InChI=1S/C23H11Cl2F3N4O6/c24-17-7-12(6-13(11-29)22(33)30-15-2-1-3-16(10-15)31(34)35)8-18(25)21(17)38-20-5-4-14(23(26,27)28)9-19(20)32(36)37/h1-10H,(H,30,33)/b13-6+. The van der Waals surface area contributed by atoms with Crippen LogP contribution in [0.2, 0.25) is 10.0 Å². The molecule has 3 aromatic rings. The zero-order chi connectivity index (χ0) is 28.2. The number of anilines is 1. The first-order valence-corrected chi connectivity index (χ1v) is 10.8. The Hall–Kier alpha value is -4.67. The van der Waals surface area contributed by atoms with Crippen LogP contribution in [0.5, 0.6) is 11.5 Å². The summed E-state index contributed by atoms with van der Waals surface area (Å²) in [6, 6.07) is 10.7. The van der Waals surface area contributed by atoms with Gasteiger partial charge >= 0.3 is 11.9 Å². The molecule has 0 aliphatic rings. The molecule has 3 aromatic carbocycles. The number of nitrogens with one attached hydrogen (secondary N) is 1. The van der Waals surface area contributed by atoms with Crippen LogP contribution in [0.4, 0.5) is 30.2 Å². The van der Waals surface area contributed by atoms with Crippen LogP contribution in [0, 0.1) is 31.6 Å². The van der Waals surface area contributed by atoms with E-state index in [9.17, 15) is 43.5 Å². The van der Waals surface area contributed by atoms with Crippen molar-refractivity contribution >= 4 is 52.2 Å². The van der Waals surface area contributed by atoms with Gasteiger partial charge in [0.1, 0.15) is 11.6 Å². The third-order valence-electron chi connectivity index (χ3n) is 4.71. The first-order chi connectivity index (χ1) is 17.8. The number of carbonyl (C=O) groups is 1. The Labute approximate surface area is 220 Å². The molecule has 15 heteroatoms. The van der Waals surface area contributed by atoms with E-state index < -0.39 is 44.5 Å². The SMILES string of the molecule is N#C/C(=C\c1cc(Cl)c(Oc2ccc(C(F)(F)F)cc2[N+](=O)[O-])c(Cl)c1)C(=O)Nc1cccc([N+](=O)[O-])c1. The number of amides is 1. The molecule has 0 aliphatic carbocycles. The summed E-state index contributed by atoms with van der Waals surface area (Å²) in [5.41, 5.74) is -2.78. The van der Waals surface area contributed by atoms with E-state index in [1.54, 1.807) is 6.07 Å². The smallest absolute Gasteiger partial charge is 0.416 e. The van der Waals surface area contributed by atoms with Crippen LogP contribution >= 0.6 is 23.2 Å². The maximum absolute atomic E-state index is 12.9. The van der Waals surface area contributed by atoms with Crippen molar-refractivity contribution in [1.29, 1.82) is 5.26 Å². The zero-order valence-electron chi connectivity index (χ0n) is 18.5. The molecule has 38 heavy (non-hydrogen) atoms. The summed E-state index contributed by atoms with van der Waals surface area (Å²) in [6.45, 7) is 0. The van der Waals surface area contributed by atoms with Crippen LogP contribution in [0.15, 0.2) is 60.2 Å². The van der Waals surface area contributed by atoms with Crippen molar-refractivity contribution in [2.75, 3.05) is 5.32 Å². The summed E-state index contributed by atoms with van der Waals surface area (Å²) >= 11 is 12.3. The van der Waals surface area contributed by atoms with Crippen LogP contribution in [-0.2, 0) is 11.0 Å². The number of nitro benzene ring substituents is 2. The second-order valence-corrected chi connectivity index (χ2v) is 8.10. The first kappa shape index (κ1) is 27.9. The lowest BCUT2D eigenvalue weighted by Crippen LogP contribution is -2.13. The number of non-ortho nitro benzene ring substituents is 1. The normalized spacial score (nSPS) is 11.4. The monoisotopic (exact) mass is 566 g/mol. The number of hydrogen-bond donors (Lipinski definition) is 1. The molecule has 0 aliphatic heterocycles. The fraction of sp³-hybridized carbons (Fsp3) is 0.0435. The molecule has 0 radical (unpaired) electrons. The van der Waals surface area contributed by atoms with E-state index in [2.05, 4.69) is 5.32 Å². The highest BCUT2D eigenvalue weighted by Gasteiger charge is 2.33. The van der Waals surface area contributed by atoms with Gasteiger partial charge in [-0.2, -0.15) is 18.4 Å². The highest BCUT2D eigenvalue weighted by molar-refractivity contribution is 6.37. The number of nitriles is 1. The molecule has 0 heterocycles. The number of nitrogens with zero attached hydrogens (tertiary/aromatic N) is 3. The van der Waals surface area contributed by atoms with E-state index in [4.69, 9.17) is 27.9 Å². The van der Waals surface area contributed by atoms with Gasteiger partial charge < -0.3 is 10.1 Å². The molecular weight excluding hydrogens is 556 g/mol. The zero-order valence-corrected chi connectivity index (χ0v) is 20.0. The molecule has 1 amide bonds. The predicted molar refractivity (Wildman–Crippen MR) is 130 cm³/mol. The van der Waals surface area contributed by atoms with E-state index in [1.165, 1.54) is 30.3 Å². The topological polar surface area (TPSA) is 148 Å². The number of halogens is 5. The summed E-state index contributed by atoms with van der Waals surface area (Å²) < 4.78 is 44.2. The van der Waals surface area contributed by atoms with Crippen LogP contribution < -0.4 is 10.1 Å². The molecule has 10 nitrogen and oxygen atoms in total. The molecule has 1 N–H and O–H groups in total. The number of carbonyl (C=O) groups excluding carboxylic acids is 1. The average Bonchev–Trinajstić information content (AvgIpc) is 2.84. The molecule has 0 fully saturated rings. The molecule has 0 saturated heterocycles. The van der Waals surface area contributed by atoms with Gasteiger partial charge in [0.15, 0.2) is 5.75 Å². The summed E-state index contributed by atoms with van der Waals surface area (Å²) in [5, 5.41) is 33.5. The second kappa shape index (κ2) is 11.2. The van der Waals surface area contributed by atoms with E-state index in [1.807, 2.05) is 0 Å². The highest BCUT2D eigenvalue weighted by Crippen LogP contribution is 2.42. The van der Waals surface area contributed by atoms with Gasteiger partial charge in [-0.25, -0.2) is 0 Å². The van der Waals surface area contributed by atoms with Gasteiger partial charge in [-0.15, -0.1) is 0 Å². The molecule has 0 bridgehead atoms. The molecule has 0 unspecified atom stereocenters. The van der Waals surface area contributed by atoms with Gasteiger partial charge in [-0.1, -0.05) is 29.3 Å². The maximum atomic E-state index is 12.9. The minimum Gasteiger partial charge on any atom is -0.447 e. The van der Waals surface area contributed by atoms with Crippen molar-refractivity contribution in [3.63, 3.8) is 0 Å². The summed E-state index contributed by atoms with van der Waals surface area (Å²) in [6.07, 6.45) is -3.73. The summed E-state index contributed by atoms with van der Waals surface area (Å²) in [5.74, 6) is -1.79. The minimum absolute atomic E-state index is 0.0586. The Morgan fingerprint density at radius 2 is 1.68 bits per heavy atom. The van der Waals surface area contributed by atoms with Crippen molar-refractivity contribution in [2.45, 2.75) is 6.18 Å². The number of benzene rings is 3. The molecule has 194 valence electrons. The number of nitro groups is 2. The van der Waals surface area contributed by atoms with Crippen molar-refractivity contribution in [1.82, 2.24) is 0 Å². The largest absolute Gasteiger partial charge is 0.447 e. The third-order valence-corrected chi connectivity index (χ3v) is 5.27. The van der Waals surface area contributed by atoms with E-state index in [0.717, 1.165) is 18.2 Å². The van der Waals surface area contributed by atoms with Gasteiger partial charge in [-0.05, 0) is 42.0 Å². The number of alkyl halides is 3. The number of hydrogen-bond acceptors (Lipinski definition) is 7. The maximum Gasteiger partial charge on any atom is 0.416 e. The Kier molecular flexibility index (Phi) is 8.20. The number of ether oxygens (including phenoxy) is 1. The Bertz CT molecular complexity index is 1510. The van der Waals surface area contributed by atoms with E-state index >= 15 is 0 Å². The molecule has 0 aromatic heterocycles. The molecular formula is C23H11Cl2F3N4O6. The second-order valence-electron chi connectivity index (χ2n) is 7.28. The van der Waals surface area contributed by atoms with E-state index in [-0.39, 0.29) is 32.7 Å². The minimum atomic E-state index is -4.83. The van der Waals surface area contributed by atoms with Crippen LogP contribution in [0.3, 0.4) is 0 Å². The average molecular weight is 567 g/mol. The Morgan fingerprint density at radius 3 is 2.24 bits per heavy atom. The van der Waals surface area contributed by atoms with Crippen molar-refractivity contribution in [3.8, 4) is 17.6 Å². The Morgan fingerprint density at radius 1 is 1.03 bits per heavy atom. The Balaban J connectivity index is 1.90. The molecule has 0 atom stereocenters. The fourth-order valence-corrected chi connectivity index (χ4v) is 3.58. The molecule has 0 spiro atoms. The van der Waals surface area contributed by atoms with Gasteiger partial charge in [0.05, 0.1) is 25.5 Å². The third kappa shape index (κ3) is 6.55. The quantitative estimate of drug-likeness (QED) is 0.138. The van der Waals surface area contributed by atoms with Gasteiger partial charge in [0.2, 0.25) is 5.75 Å². The fourth-order valence-electron chi connectivity index (χ4n) is 3.00. The lowest BCUT2D eigenvalue weighted by Gasteiger charge is -2.12. The summed E-state index contributed by atoms with van der Waals surface area (Å²) in [4.78, 5) is 33.0. The van der Waals surface area contributed by atoms with Gasteiger partial charge in [0.25, 0.3) is 11.6 Å². The highest BCUT2D eigenvalue weighted by atomic mass is 35.5. The van der Waals surface area contributed by atoms with Gasteiger partial charge in [0, 0.05) is 23.9 Å². The molecule has 0 saturated carbocycles. The van der Waals surface area contributed by atoms with Crippen LogP contribution in [-0.4, -0.2) is 15.8 Å². The number of rotatable bonds is 7.